The summed E-state index contributed by atoms with van der Waals surface area (Å²) in [4.78, 5) is 42.0. The average Bonchev–Trinajstić information content (AvgIpc) is 2.80. The number of benzene rings is 1. The SMILES string of the molecule is CN(C)C(=O)Oc1ccc(CC(NC(=O)C2CCCCC2Cc2ccncc2)C(=O)O)cc1. The zero-order valence-corrected chi connectivity index (χ0v) is 19.1. The molecular formula is C25H31N3O5. The van der Waals surface area contributed by atoms with Crippen molar-refractivity contribution < 1.29 is 24.2 Å². The number of rotatable bonds is 8. The summed E-state index contributed by atoms with van der Waals surface area (Å²) < 4.78 is 5.18. The van der Waals surface area contributed by atoms with Crippen molar-refractivity contribution in [2.45, 2.75) is 44.6 Å². The second-order valence-corrected chi connectivity index (χ2v) is 8.72. The van der Waals surface area contributed by atoms with Crippen LogP contribution in [0.2, 0.25) is 0 Å². The molecule has 2 aromatic rings. The number of amides is 2. The number of nitrogens with one attached hydrogen (secondary N) is 1. The van der Waals surface area contributed by atoms with Crippen molar-refractivity contribution in [3.63, 3.8) is 0 Å². The Labute approximate surface area is 194 Å². The quantitative estimate of drug-likeness (QED) is 0.635. The molecule has 8 heteroatoms. The van der Waals surface area contributed by atoms with E-state index in [1.54, 1.807) is 50.8 Å². The minimum absolute atomic E-state index is 0.144. The molecule has 0 radical (unpaired) electrons. The molecule has 0 bridgehead atoms. The predicted octanol–water partition coefficient (Wildman–Crippen LogP) is 3.30. The number of carbonyl (C=O) groups is 3. The number of nitrogens with zero attached hydrogens (tertiary/aromatic N) is 2. The number of ether oxygens (including phenoxy) is 1. The Morgan fingerprint density at radius 1 is 1.06 bits per heavy atom. The van der Waals surface area contributed by atoms with Gasteiger partial charge in [0, 0.05) is 38.8 Å². The van der Waals surface area contributed by atoms with Crippen LogP contribution in [0.25, 0.3) is 0 Å². The normalized spacial score (nSPS) is 18.7. The van der Waals surface area contributed by atoms with Crippen LogP contribution >= 0.6 is 0 Å². The molecule has 0 aliphatic heterocycles. The minimum atomic E-state index is -1.08. The van der Waals surface area contributed by atoms with Crippen molar-refractivity contribution in [1.82, 2.24) is 15.2 Å². The lowest BCUT2D eigenvalue weighted by atomic mass is 9.75. The zero-order valence-electron chi connectivity index (χ0n) is 19.1. The van der Waals surface area contributed by atoms with E-state index in [0.29, 0.717) is 5.75 Å². The van der Waals surface area contributed by atoms with E-state index in [1.807, 2.05) is 12.1 Å². The number of pyridine rings is 1. The molecule has 176 valence electrons. The van der Waals surface area contributed by atoms with Crippen molar-refractivity contribution in [3.8, 4) is 5.75 Å². The first-order valence-corrected chi connectivity index (χ1v) is 11.2. The zero-order chi connectivity index (χ0) is 23.8. The van der Waals surface area contributed by atoms with Crippen LogP contribution in [0.3, 0.4) is 0 Å². The molecule has 1 heterocycles. The molecule has 2 N–H and O–H groups in total. The van der Waals surface area contributed by atoms with Gasteiger partial charge in [-0.05, 0) is 60.6 Å². The second kappa shape index (κ2) is 11.4. The van der Waals surface area contributed by atoms with Crippen LogP contribution in [0, 0.1) is 11.8 Å². The highest BCUT2D eigenvalue weighted by atomic mass is 16.6. The molecule has 8 nitrogen and oxygen atoms in total. The molecule has 2 amide bonds. The average molecular weight is 454 g/mol. The van der Waals surface area contributed by atoms with Gasteiger partial charge in [0.15, 0.2) is 0 Å². The van der Waals surface area contributed by atoms with Crippen LogP contribution in [0.4, 0.5) is 4.79 Å². The summed E-state index contributed by atoms with van der Waals surface area (Å²) in [7, 11) is 3.18. The van der Waals surface area contributed by atoms with Gasteiger partial charge in [-0.25, -0.2) is 9.59 Å². The largest absolute Gasteiger partial charge is 0.480 e. The smallest absolute Gasteiger partial charge is 0.414 e. The molecule has 0 saturated heterocycles. The number of aromatic nitrogens is 1. The van der Waals surface area contributed by atoms with E-state index in [2.05, 4.69) is 10.3 Å². The molecule has 1 aliphatic rings. The fraction of sp³-hybridized carbons (Fsp3) is 0.440. The molecule has 1 aromatic carbocycles. The van der Waals surface area contributed by atoms with Crippen molar-refractivity contribution in [3.05, 3.63) is 59.9 Å². The van der Waals surface area contributed by atoms with E-state index in [4.69, 9.17) is 4.74 Å². The van der Waals surface area contributed by atoms with E-state index in [9.17, 15) is 19.5 Å². The summed E-state index contributed by atoms with van der Waals surface area (Å²) in [6.45, 7) is 0. The minimum Gasteiger partial charge on any atom is -0.480 e. The fourth-order valence-corrected chi connectivity index (χ4v) is 4.22. The van der Waals surface area contributed by atoms with Crippen molar-refractivity contribution in [2.24, 2.45) is 11.8 Å². The summed E-state index contributed by atoms with van der Waals surface area (Å²) in [6.07, 6.45) is 7.69. The number of carbonyl (C=O) groups excluding carboxylic acids is 2. The standard InChI is InChI=1S/C25H31N3O5/c1-28(2)25(32)33-20-9-7-17(8-10-20)16-22(24(30)31)27-23(29)21-6-4-3-5-19(21)15-18-11-13-26-14-12-18/h7-14,19,21-22H,3-6,15-16H2,1-2H3,(H,27,29)(H,30,31). The third-order valence-corrected chi connectivity index (χ3v) is 6.04. The Hall–Kier alpha value is -3.42. The van der Waals surface area contributed by atoms with Gasteiger partial charge in [0.05, 0.1) is 0 Å². The lowest BCUT2D eigenvalue weighted by Crippen LogP contribution is -2.47. The molecular weight excluding hydrogens is 422 g/mol. The Bertz CT molecular complexity index is 946. The van der Waals surface area contributed by atoms with Gasteiger partial charge in [0.25, 0.3) is 0 Å². The molecule has 1 aromatic heterocycles. The predicted molar refractivity (Wildman–Crippen MR) is 123 cm³/mol. The topological polar surface area (TPSA) is 109 Å². The van der Waals surface area contributed by atoms with Gasteiger partial charge in [0.2, 0.25) is 5.91 Å². The summed E-state index contributed by atoms with van der Waals surface area (Å²) >= 11 is 0. The summed E-state index contributed by atoms with van der Waals surface area (Å²) in [5.41, 5.74) is 1.86. The molecule has 3 unspecified atom stereocenters. The van der Waals surface area contributed by atoms with Crippen LogP contribution in [-0.2, 0) is 22.4 Å². The number of hydrogen-bond acceptors (Lipinski definition) is 5. The fourth-order valence-electron chi connectivity index (χ4n) is 4.22. The Kier molecular flexibility index (Phi) is 8.40. The van der Waals surface area contributed by atoms with Crippen LogP contribution in [-0.4, -0.2) is 53.1 Å². The Balaban J connectivity index is 1.63. The first kappa shape index (κ1) is 24.2. The van der Waals surface area contributed by atoms with E-state index < -0.39 is 18.1 Å². The number of aliphatic carboxylic acids is 1. The van der Waals surface area contributed by atoms with E-state index in [0.717, 1.165) is 43.2 Å². The van der Waals surface area contributed by atoms with Crippen LogP contribution < -0.4 is 10.1 Å². The Morgan fingerprint density at radius 2 is 1.73 bits per heavy atom. The molecule has 33 heavy (non-hydrogen) atoms. The van der Waals surface area contributed by atoms with Gasteiger partial charge in [-0.15, -0.1) is 0 Å². The van der Waals surface area contributed by atoms with Gasteiger partial charge in [0.1, 0.15) is 11.8 Å². The van der Waals surface area contributed by atoms with E-state index >= 15 is 0 Å². The highest BCUT2D eigenvalue weighted by molar-refractivity contribution is 5.85. The third kappa shape index (κ3) is 7.03. The molecule has 3 atom stereocenters. The maximum absolute atomic E-state index is 13.1. The van der Waals surface area contributed by atoms with Crippen LogP contribution in [0.1, 0.15) is 36.8 Å². The summed E-state index contributed by atoms with van der Waals surface area (Å²) in [6, 6.07) is 9.52. The first-order chi connectivity index (χ1) is 15.8. The van der Waals surface area contributed by atoms with Crippen molar-refractivity contribution >= 4 is 18.0 Å². The van der Waals surface area contributed by atoms with Gasteiger partial charge in [-0.3, -0.25) is 9.78 Å². The first-order valence-electron chi connectivity index (χ1n) is 11.2. The number of carboxylic acid groups (broad SMARTS) is 1. The molecule has 1 fully saturated rings. The second-order valence-electron chi connectivity index (χ2n) is 8.72. The van der Waals surface area contributed by atoms with Gasteiger partial charge in [-0.1, -0.05) is 25.0 Å². The van der Waals surface area contributed by atoms with Gasteiger partial charge >= 0.3 is 12.1 Å². The van der Waals surface area contributed by atoms with Gasteiger partial charge < -0.3 is 20.1 Å². The molecule has 0 spiro atoms. The van der Waals surface area contributed by atoms with E-state index in [-0.39, 0.29) is 24.2 Å². The van der Waals surface area contributed by atoms with Crippen molar-refractivity contribution in [1.29, 1.82) is 0 Å². The highest BCUT2D eigenvalue weighted by Gasteiger charge is 2.33. The molecule has 1 saturated carbocycles. The third-order valence-electron chi connectivity index (χ3n) is 6.04. The summed E-state index contributed by atoms with van der Waals surface area (Å²) in [5, 5.41) is 12.5. The monoisotopic (exact) mass is 453 g/mol. The van der Waals surface area contributed by atoms with E-state index in [1.165, 1.54) is 4.90 Å². The lowest BCUT2D eigenvalue weighted by Gasteiger charge is -2.31. The number of hydrogen-bond donors (Lipinski definition) is 2. The lowest BCUT2D eigenvalue weighted by molar-refractivity contribution is -0.143. The Morgan fingerprint density at radius 3 is 2.36 bits per heavy atom. The summed E-state index contributed by atoms with van der Waals surface area (Å²) in [5.74, 6) is -0.928. The highest BCUT2D eigenvalue weighted by Crippen LogP contribution is 2.33. The molecule has 3 rings (SSSR count). The number of carboxylic acids is 1. The molecule has 1 aliphatic carbocycles. The van der Waals surface area contributed by atoms with Crippen molar-refractivity contribution in [2.75, 3.05) is 14.1 Å². The maximum Gasteiger partial charge on any atom is 0.414 e. The maximum atomic E-state index is 13.1. The van der Waals surface area contributed by atoms with Crippen LogP contribution in [0.5, 0.6) is 5.75 Å². The van der Waals surface area contributed by atoms with Gasteiger partial charge in [-0.2, -0.15) is 0 Å². The van der Waals surface area contributed by atoms with Crippen LogP contribution in [0.15, 0.2) is 48.8 Å².